The van der Waals surface area contributed by atoms with Crippen LogP contribution in [0.4, 0.5) is 5.13 Å². The fourth-order valence-electron chi connectivity index (χ4n) is 2.72. The van der Waals surface area contributed by atoms with E-state index in [4.69, 9.17) is 4.74 Å². The second-order valence-corrected chi connectivity index (χ2v) is 7.32. The number of esters is 1. The van der Waals surface area contributed by atoms with E-state index in [1.54, 1.807) is 20.8 Å². The molecule has 2 aromatic heterocycles. The molecule has 0 atom stereocenters. The van der Waals surface area contributed by atoms with Crippen LogP contribution in [0, 0.1) is 27.7 Å². The van der Waals surface area contributed by atoms with Crippen molar-refractivity contribution >= 4 is 28.3 Å². The first-order valence-electron chi connectivity index (χ1n) is 8.77. The second kappa shape index (κ2) is 7.89. The van der Waals surface area contributed by atoms with Crippen molar-refractivity contribution in [2.24, 2.45) is 0 Å². The number of benzene rings is 1. The molecule has 0 aliphatic rings. The number of nitrogens with zero attached hydrogens (tertiary/aromatic N) is 4. The minimum atomic E-state index is -0.449. The summed E-state index contributed by atoms with van der Waals surface area (Å²) in [5, 5.41) is 11.7. The lowest BCUT2D eigenvalue weighted by Crippen LogP contribution is -2.14. The number of thiazole rings is 1. The number of hydrogen-bond donors (Lipinski definition) is 1. The molecule has 3 aromatic rings. The van der Waals surface area contributed by atoms with E-state index in [2.05, 4.69) is 20.5 Å². The van der Waals surface area contributed by atoms with Gasteiger partial charge in [0.15, 0.2) is 10.8 Å². The minimum absolute atomic E-state index is 0.200. The summed E-state index contributed by atoms with van der Waals surface area (Å²) >= 11 is 1.07. The normalized spacial score (nSPS) is 10.8. The molecule has 2 heterocycles. The first-order chi connectivity index (χ1) is 13.3. The van der Waals surface area contributed by atoms with Crippen molar-refractivity contribution in [3.8, 4) is 5.69 Å². The summed E-state index contributed by atoms with van der Waals surface area (Å²) in [4.78, 5) is 30.6. The highest BCUT2D eigenvalue weighted by atomic mass is 32.1. The fraction of sp³-hybridized carbons (Fsp3) is 0.316. The number of carbonyl (C=O) groups excluding carboxylic acids is 2. The van der Waals surface area contributed by atoms with Gasteiger partial charge in [0, 0.05) is 0 Å². The van der Waals surface area contributed by atoms with Gasteiger partial charge >= 0.3 is 5.97 Å². The largest absolute Gasteiger partial charge is 0.462 e. The van der Waals surface area contributed by atoms with Crippen LogP contribution in [0.2, 0.25) is 0 Å². The maximum absolute atomic E-state index is 12.7. The average molecular weight is 399 g/mol. The quantitative estimate of drug-likeness (QED) is 0.660. The van der Waals surface area contributed by atoms with E-state index < -0.39 is 11.9 Å². The van der Waals surface area contributed by atoms with Crippen LogP contribution in [0.1, 0.15) is 49.6 Å². The van der Waals surface area contributed by atoms with Crippen LogP contribution in [0.5, 0.6) is 0 Å². The highest BCUT2D eigenvalue weighted by molar-refractivity contribution is 7.17. The molecule has 0 spiro atoms. The summed E-state index contributed by atoms with van der Waals surface area (Å²) in [6.45, 7) is 9.41. The van der Waals surface area contributed by atoms with E-state index in [9.17, 15) is 9.59 Å². The lowest BCUT2D eigenvalue weighted by atomic mass is 10.1. The lowest BCUT2D eigenvalue weighted by molar-refractivity contribution is 0.0531. The highest BCUT2D eigenvalue weighted by Crippen LogP contribution is 2.24. The predicted octanol–water partition coefficient (Wildman–Crippen LogP) is 3.39. The van der Waals surface area contributed by atoms with Crippen molar-refractivity contribution < 1.29 is 14.3 Å². The Kier molecular flexibility index (Phi) is 5.55. The maximum atomic E-state index is 12.7. The van der Waals surface area contributed by atoms with E-state index in [1.807, 2.05) is 32.0 Å². The zero-order chi connectivity index (χ0) is 20.4. The Morgan fingerprint density at radius 2 is 1.89 bits per heavy atom. The van der Waals surface area contributed by atoms with Gasteiger partial charge < -0.3 is 4.74 Å². The predicted molar refractivity (Wildman–Crippen MR) is 106 cm³/mol. The Hall–Kier alpha value is -3.07. The SMILES string of the molecule is CCOC(=O)c1sc(NC(=O)c2nn(-c3ccc(C)cc3C)nc2C)nc1C. The van der Waals surface area contributed by atoms with Gasteiger partial charge in [-0.1, -0.05) is 29.0 Å². The molecule has 0 radical (unpaired) electrons. The van der Waals surface area contributed by atoms with Crippen molar-refractivity contribution in [3.05, 3.63) is 51.3 Å². The molecule has 146 valence electrons. The van der Waals surface area contributed by atoms with Crippen LogP contribution >= 0.6 is 11.3 Å². The van der Waals surface area contributed by atoms with E-state index in [0.717, 1.165) is 28.2 Å². The molecule has 1 N–H and O–H groups in total. The summed E-state index contributed by atoms with van der Waals surface area (Å²) in [6.07, 6.45) is 0. The van der Waals surface area contributed by atoms with E-state index >= 15 is 0 Å². The number of rotatable bonds is 5. The molecular weight excluding hydrogens is 378 g/mol. The topological polar surface area (TPSA) is 99.0 Å². The summed E-state index contributed by atoms with van der Waals surface area (Å²) in [5.74, 6) is -0.882. The van der Waals surface area contributed by atoms with Crippen LogP contribution in [-0.2, 0) is 4.74 Å². The number of nitrogens with one attached hydrogen (secondary N) is 1. The number of ether oxygens (including phenoxy) is 1. The smallest absolute Gasteiger partial charge is 0.350 e. The number of hydrogen-bond acceptors (Lipinski definition) is 7. The van der Waals surface area contributed by atoms with Gasteiger partial charge in [0.2, 0.25) is 0 Å². The van der Waals surface area contributed by atoms with Gasteiger partial charge in [0.25, 0.3) is 5.91 Å². The van der Waals surface area contributed by atoms with Crippen LogP contribution in [0.15, 0.2) is 18.2 Å². The molecule has 0 saturated carbocycles. The number of aryl methyl sites for hydroxylation is 4. The second-order valence-electron chi connectivity index (χ2n) is 6.32. The molecule has 0 unspecified atom stereocenters. The maximum Gasteiger partial charge on any atom is 0.350 e. The summed E-state index contributed by atoms with van der Waals surface area (Å²) < 4.78 is 5.00. The Morgan fingerprint density at radius 1 is 1.14 bits per heavy atom. The Bertz CT molecular complexity index is 1050. The molecule has 1 amide bonds. The van der Waals surface area contributed by atoms with Gasteiger partial charge in [0.1, 0.15) is 4.88 Å². The molecule has 3 rings (SSSR count). The van der Waals surface area contributed by atoms with Crippen molar-refractivity contribution in [2.45, 2.75) is 34.6 Å². The fourth-order valence-corrected chi connectivity index (χ4v) is 3.57. The molecule has 0 aliphatic heterocycles. The minimum Gasteiger partial charge on any atom is -0.462 e. The first-order valence-corrected chi connectivity index (χ1v) is 9.59. The molecule has 0 saturated heterocycles. The Morgan fingerprint density at radius 3 is 2.57 bits per heavy atom. The van der Waals surface area contributed by atoms with Crippen molar-refractivity contribution in [1.82, 2.24) is 20.0 Å². The summed E-state index contributed by atoms with van der Waals surface area (Å²) in [6, 6.07) is 5.92. The van der Waals surface area contributed by atoms with Gasteiger partial charge in [-0.25, -0.2) is 9.78 Å². The van der Waals surface area contributed by atoms with Crippen molar-refractivity contribution in [3.63, 3.8) is 0 Å². The number of anilines is 1. The van der Waals surface area contributed by atoms with Gasteiger partial charge in [0.05, 0.1) is 23.7 Å². The van der Waals surface area contributed by atoms with Crippen LogP contribution in [0.3, 0.4) is 0 Å². The molecule has 9 heteroatoms. The molecule has 0 fully saturated rings. The van der Waals surface area contributed by atoms with E-state index in [1.165, 1.54) is 4.80 Å². The molecule has 1 aromatic carbocycles. The van der Waals surface area contributed by atoms with Gasteiger partial charge in [-0.15, -0.1) is 5.10 Å². The van der Waals surface area contributed by atoms with E-state index in [0.29, 0.717) is 21.4 Å². The average Bonchev–Trinajstić information content (AvgIpc) is 3.17. The van der Waals surface area contributed by atoms with E-state index in [-0.39, 0.29) is 12.3 Å². The standard InChI is InChI=1S/C19H21N5O3S/c1-6-27-18(26)16-13(5)20-19(28-16)21-17(25)15-12(4)22-24(23-15)14-8-7-10(2)9-11(14)3/h7-9H,6H2,1-5H3,(H,20,21,25). The third-order valence-electron chi connectivity index (χ3n) is 4.04. The summed E-state index contributed by atoms with van der Waals surface area (Å²) in [7, 11) is 0. The number of amides is 1. The lowest BCUT2D eigenvalue weighted by Gasteiger charge is -2.04. The molecule has 0 bridgehead atoms. The highest BCUT2D eigenvalue weighted by Gasteiger charge is 2.21. The monoisotopic (exact) mass is 399 g/mol. The first kappa shape index (κ1) is 19.7. The number of aromatic nitrogens is 4. The van der Waals surface area contributed by atoms with Gasteiger partial charge in [-0.3, -0.25) is 10.1 Å². The van der Waals surface area contributed by atoms with Crippen molar-refractivity contribution in [2.75, 3.05) is 11.9 Å². The Labute approximate surface area is 166 Å². The third-order valence-corrected chi connectivity index (χ3v) is 5.10. The molecule has 8 nitrogen and oxygen atoms in total. The number of carbonyl (C=O) groups is 2. The van der Waals surface area contributed by atoms with Crippen LogP contribution in [-0.4, -0.2) is 38.5 Å². The van der Waals surface area contributed by atoms with Gasteiger partial charge in [-0.2, -0.15) is 9.90 Å². The third kappa shape index (κ3) is 3.94. The zero-order valence-corrected chi connectivity index (χ0v) is 17.2. The zero-order valence-electron chi connectivity index (χ0n) is 16.4. The van der Waals surface area contributed by atoms with Crippen LogP contribution in [0.25, 0.3) is 5.69 Å². The molecule has 28 heavy (non-hydrogen) atoms. The molecule has 0 aliphatic carbocycles. The van der Waals surface area contributed by atoms with Crippen LogP contribution < -0.4 is 5.32 Å². The summed E-state index contributed by atoms with van der Waals surface area (Å²) in [5.41, 5.74) is 4.16. The Balaban J connectivity index is 1.83. The molecular formula is C19H21N5O3S. The van der Waals surface area contributed by atoms with Crippen molar-refractivity contribution in [1.29, 1.82) is 0 Å². The van der Waals surface area contributed by atoms with Gasteiger partial charge in [-0.05, 0) is 46.2 Å².